The standard InChI is InChI=1S/C16H23NO4S/c1-20-14-6-5-12(16(17)7-3-2-4-8-16)9-15(14)21-13-10-22(18,19)11-13/h5-6,9,13H,2-4,7-8,10-11,17H2,1H3. The Morgan fingerprint density at radius 1 is 1.14 bits per heavy atom. The van der Waals surface area contributed by atoms with Crippen LogP contribution in [-0.4, -0.2) is 33.1 Å². The number of hydrogen-bond acceptors (Lipinski definition) is 5. The molecule has 1 aromatic carbocycles. The summed E-state index contributed by atoms with van der Waals surface area (Å²) in [7, 11) is -1.32. The fourth-order valence-corrected chi connectivity index (χ4v) is 4.49. The SMILES string of the molecule is COc1ccc(C2(N)CCCCC2)cc1OC1CS(=O)(=O)C1. The van der Waals surface area contributed by atoms with Crippen molar-refractivity contribution in [2.45, 2.75) is 43.7 Å². The maximum atomic E-state index is 11.3. The lowest BCUT2D eigenvalue weighted by Gasteiger charge is -2.35. The third-order valence-corrected chi connectivity index (χ3v) is 6.42. The van der Waals surface area contributed by atoms with E-state index in [9.17, 15) is 8.42 Å². The highest BCUT2D eigenvalue weighted by Crippen LogP contribution is 2.39. The van der Waals surface area contributed by atoms with Crippen LogP contribution in [0.25, 0.3) is 0 Å². The lowest BCUT2D eigenvalue weighted by Crippen LogP contribution is -2.45. The van der Waals surface area contributed by atoms with Crippen molar-refractivity contribution in [1.82, 2.24) is 0 Å². The van der Waals surface area contributed by atoms with Crippen LogP contribution >= 0.6 is 0 Å². The molecule has 3 rings (SSSR count). The topological polar surface area (TPSA) is 78.6 Å². The Hall–Kier alpha value is -1.27. The minimum Gasteiger partial charge on any atom is -0.493 e. The molecule has 1 saturated carbocycles. The molecule has 1 saturated heterocycles. The largest absolute Gasteiger partial charge is 0.493 e. The minimum absolute atomic E-state index is 0.0775. The predicted octanol–water partition coefficient (Wildman–Crippen LogP) is 1.99. The first-order chi connectivity index (χ1) is 10.4. The van der Waals surface area contributed by atoms with E-state index in [1.165, 1.54) is 6.42 Å². The fraction of sp³-hybridized carbons (Fsp3) is 0.625. The van der Waals surface area contributed by atoms with Gasteiger partial charge in [0.25, 0.3) is 0 Å². The van der Waals surface area contributed by atoms with E-state index in [0.29, 0.717) is 11.5 Å². The zero-order valence-electron chi connectivity index (χ0n) is 12.9. The van der Waals surface area contributed by atoms with Gasteiger partial charge < -0.3 is 15.2 Å². The van der Waals surface area contributed by atoms with Gasteiger partial charge in [0.1, 0.15) is 6.10 Å². The molecule has 0 bridgehead atoms. The Morgan fingerprint density at radius 3 is 2.41 bits per heavy atom. The molecule has 0 atom stereocenters. The summed E-state index contributed by atoms with van der Waals surface area (Å²) in [6.45, 7) is 0. The van der Waals surface area contributed by atoms with Crippen molar-refractivity contribution < 1.29 is 17.9 Å². The summed E-state index contributed by atoms with van der Waals surface area (Å²) in [5.74, 6) is 1.37. The molecule has 2 fully saturated rings. The molecule has 1 heterocycles. The minimum atomic E-state index is -2.90. The number of hydrogen-bond donors (Lipinski definition) is 1. The van der Waals surface area contributed by atoms with E-state index in [2.05, 4.69) is 0 Å². The van der Waals surface area contributed by atoms with E-state index in [0.717, 1.165) is 31.2 Å². The number of methoxy groups -OCH3 is 1. The Kier molecular flexibility index (Phi) is 4.07. The highest BCUT2D eigenvalue weighted by Gasteiger charge is 2.36. The van der Waals surface area contributed by atoms with Crippen LogP contribution in [0.5, 0.6) is 11.5 Å². The molecule has 1 aromatic rings. The summed E-state index contributed by atoms with van der Waals surface area (Å²) in [5, 5.41) is 0. The summed E-state index contributed by atoms with van der Waals surface area (Å²) in [5.41, 5.74) is 7.30. The molecule has 1 aliphatic heterocycles. The lowest BCUT2D eigenvalue weighted by atomic mass is 9.77. The Morgan fingerprint density at radius 2 is 1.82 bits per heavy atom. The third kappa shape index (κ3) is 3.08. The van der Waals surface area contributed by atoms with Crippen molar-refractivity contribution in [2.75, 3.05) is 18.6 Å². The van der Waals surface area contributed by atoms with Crippen LogP contribution in [0.1, 0.15) is 37.7 Å². The molecule has 2 aliphatic rings. The van der Waals surface area contributed by atoms with Crippen molar-refractivity contribution in [3.63, 3.8) is 0 Å². The van der Waals surface area contributed by atoms with Gasteiger partial charge in [0.15, 0.2) is 21.3 Å². The van der Waals surface area contributed by atoms with E-state index >= 15 is 0 Å². The summed E-state index contributed by atoms with van der Waals surface area (Å²) in [6.07, 6.45) is 5.17. The fourth-order valence-electron chi connectivity index (χ4n) is 3.32. The molecule has 0 unspecified atom stereocenters. The maximum Gasteiger partial charge on any atom is 0.162 e. The number of sulfone groups is 1. The summed E-state index contributed by atoms with van der Waals surface area (Å²) in [4.78, 5) is 0. The molecule has 6 heteroatoms. The first kappa shape index (κ1) is 15.6. The average Bonchev–Trinajstić information content (AvgIpc) is 2.46. The Labute approximate surface area is 131 Å². The van der Waals surface area contributed by atoms with Crippen LogP contribution in [-0.2, 0) is 15.4 Å². The second kappa shape index (κ2) is 5.74. The quantitative estimate of drug-likeness (QED) is 0.916. The van der Waals surface area contributed by atoms with Crippen molar-refractivity contribution in [3.05, 3.63) is 23.8 Å². The van der Waals surface area contributed by atoms with E-state index in [-0.39, 0.29) is 23.1 Å². The van der Waals surface area contributed by atoms with Crippen LogP contribution in [0, 0.1) is 0 Å². The molecule has 2 N–H and O–H groups in total. The zero-order chi connectivity index (χ0) is 15.8. The number of nitrogens with two attached hydrogens (primary N) is 1. The van der Waals surface area contributed by atoms with Crippen molar-refractivity contribution in [1.29, 1.82) is 0 Å². The van der Waals surface area contributed by atoms with E-state index in [1.54, 1.807) is 7.11 Å². The van der Waals surface area contributed by atoms with Gasteiger partial charge in [-0.2, -0.15) is 0 Å². The van der Waals surface area contributed by atoms with Crippen molar-refractivity contribution in [3.8, 4) is 11.5 Å². The lowest BCUT2D eigenvalue weighted by molar-refractivity contribution is 0.218. The average molecular weight is 325 g/mol. The summed E-state index contributed by atoms with van der Waals surface area (Å²) >= 11 is 0. The van der Waals surface area contributed by atoms with Gasteiger partial charge in [-0.3, -0.25) is 0 Å². The number of rotatable bonds is 4. The molecule has 0 amide bonds. The van der Waals surface area contributed by atoms with E-state index in [1.807, 2.05) is 18.2 Å². The van der Waals surface area contributed by atoms with Crippen molar-refractivity contribution >= 4 is 9.84 Å². The Balaban J connectivity index is 1.83. The molecule has 0 spiro atoms. The van der Waals surface area contributed by atoms with Gasteiger partial charge in [-0.1, -0.05) is 25.3 Å². The van der Waals surface area contributed by atoms with Crippen LogP contribution in [0.3, 0.4) is 0 Å². The zero-order valence-corrected chi connectivity index (χ0v) is 13.7. The number of benzene rings is 1. The highest BCUT2D eigenvalue weighted by atomic mass is 32.2. The van der Waals surface area contributed by atoms with Crippen LogP contribution in [0.2, 0.25) is 0 Å². The first-order valence-electron chi connectivity index (χ1n) is 7.76. The molecule has 0 radical (unpaired) electrons. The summed E-state index contributed by atoms with van der Waals surface area (Å²) < 4.78 is 33.7. The molecular formula is C16H23NO4S. The molecule has 22 heavy (non-hydrogen) atoms. The van der Waals surface area contributed by atoms with Crippen LogP contribution in [0.15, 0.2) is 18.2 Å². The molecular weight excluding hydrogens is 302 g/mol. The predicted molar refractivity (Wildman–Crippen MR) is 85.0 cm³/mol. The monoisotopic (exact) mass is 325 g/mol. The van der Waals surface area contributed by atoms with Gasteiger partial charge in [-0.05, 0) is 30.5 Å². The Bertz CT molecular complexity index is 638. The summed E-state index contributed by atoms with van der Waals surface area (Å²) in [6, 6.07) is 5.78. The van der Waals surface area contributed by atoms with E-state index < -0.39 is 9.84 Å². The molecule has 122 valence electrons. The van der Waals surface area contributed by atoms with Gasteiger partial charge in [-0.15, -0.1) is 0 Å². The highest BCUT2D eigenvalue weighted by molar-refractivity contribution is 7.92. The van der Waals surface area contributed by atoms with Gasteiger partial charge in [-0.25, -0.2) is 8.42 Å². The normalized spacial score (nSPS) is 23.5. The first-order valence-corrected chi connectivity index (χ1v) is 9.58. The van der Waals surface area contributed by atoms with Gasteiger partial charge >= 0.3 is 0 Å². The van der Waals surface area contributed by atoms with E-state index in [4.69, 9.17) is 15.2 Å². The number of ether oxygens (including phenoxy) is 2. The van der Waals surface area contributed by atoms with Gasteiger partial charge in [0.2, 0.25) is 0 Å². The third-order valence-electron chi connectivity index (χ3n) is 4.66. The van der Waals surface area contributed by atoms with Crippen LogP contribution < -0.4 is 15.2 Å². The molecule has 1 aliphatic carbocycles. The van der Waals surface area contributed by atoms with Crippen molar-refractivity contribution in [2.24, 2.45) is 5.73 Å². The molecule has 0 aromatic heterocycles. The smallest absolute Gasteiger partial charge is 0.162 e. The van der Waals surface area contributed by atoms with Gasteiger partial charge in [0.05, 0.1) is 18.6 Å². The second-order valence-corrected chi connectivity index (χ2v) is 8.55. The second-order valence-electron chi connectivity index (χ2n) is 6.40. The molecule has 5 nitrogen and oxygen atoms in total. The maximum absolute atomic E-state index is 11.3. The van der Waals surface area contributed by atoms with Gasteiger partial charge in [0, 0.05) is 5.54 Å². The van der Waals surface area contributed by atoms with Crippen LogP contribution in [0.4, 0.5) is 0 Å².